The predicted octanol–water partition coefficient (Wildman–Crippen LogP) is 3.46. The van der Waals surface area contributed by atoms with Gasteiger partial charge in [-0.05, 0) is 55.9 Å². The summed E-state index contributed by atoms with van der Waals surface area (Å²) in [7, 11) is -3.43. The quantitative estimate of drug-likeness (QED) is 0.801. The topological polar surface area (TPSA) is 37.4 Å². The highest BCUT2D eigenvalue weighted by molar-refractivity contribution is 7.89. The lowest BCUT2D eigenvalue weighted by atomic mass is 10.1. The van der Waals surface area contributed by atoms with Gasteiger partial charge in [0.25, 0.3) is 0 Å². The molecule has 1 saturated heterocycles. The Balaban J connectivity index is 2.52. The molecule has 0 bridgehead atoms. The number of hydrogen-bond acceptors (Lipinski definition) is 2. The molecule has 2 rings (SSSR count). The van der Waals surface area contributed by atoms with Crippen LogP contribution in [0, 0.1) is 19.8 Å². The van der Waals surface area contributed by atoms with Gasteiger partial charge in [0, 0.05) is 18.5 Å². The summed E-state index contributed by atoms with van der Waals surface area (Å²) < 4.78 is 27.5. The van der Waals surface area contributed by atoms with Gasteiger partial charge in [-0.15, -0.1) is 11.6 Å². The first kappa shape index (κ1) is 15.8. The van der Waals surface area contributed by atoms with Gasteiger partial charge in [0.15, 0.2) is 0 Å². The van der Waals surface area contributed by atoms with E-state index >= 15 is 0 Å². The molecule has 5 heteroatoms. The van der Waals surface area contributed by atoms with Crippen molar-refractivity contribution in [2.75, 3.05) is 6.54 Å². The summed E-state index contributed by atoms with van der Waals surface area (Å²) in [5.74, 6) is 0.743. The number of halogens is 1. The molecular weight excluding hydrogens is 294 g/mol. The molecule has 1 aromatic carbocycles. The fraction of sp³-hybridized carbons (Fsp3) is 0.600. The number of nitrogens with zero attached hydrogens (tertiary/aromatic N) is 1. The maximum absolute atomic E-state index is 12.9. The molecule has 0 radical (unpaired) electrons. The standard InChI is InChI=1S/C15H22ClNO2S/c1-10-5-12(3)17(9-10)20(18,19)15-7-14(8-16)6-11(2)13(15)4/h6-7,10,12H,5,8-9H2,1-4H3. The van der Waals surface area contributed by atoms with Crippen molar-refractivity contribution in [2.45, 2.75) is 50.9 Å². The average Bonchev–Trinajstić information content (AvgIpc) is 2.72. The molecule has 1 heterocycles. The number of hydrogen-bond donors (Lipinski definition) is 0. The lowest BCUT2D eigenvalue weighted by Gasteiger charge is -2.23. The fourth-order valence-corrected chi connectivity index (χ4v) is 5.23. The predicted molar refractivity (Wildman–Crippen MR) is 82.6 cm³/mol. The van der Waals surface area contributed by atoms with E-state index in [4.69, 9.17) is 11.6 Å². The van der Waals surface area contributed by atoms with Gasteiger partial charge < -0.3 is 0 Å². The van der Waals surface area contributed by atoms with Gasteiger partial charge in [-0.2, -0.15) is 4.31 Å². The third-order valence-electron chi connectivity index (χ3n) is 4.15. The largest absolute Gasteiger partial charge is 0.243 e. The second-order valence-electron chi connectivity index (χ2n) is 5.93. The summed E-state index contributed by atoms with van der Waals surface area (Å²) >= 11 is 5.88. The van der Waals surface area contributed by atoms with Gasteiger partial charge in [-0.25, -0.2) is 8.42 Å². The second kappa shape index (κ2) is 5.66. The second-order valence-corrected chi connectivity index (χ2v) is 8.06. The van der Waals surface area contributed by atoms with Crippen LogP contribution < -0.4 is 0 Å². The minimum absolute atomic E-state index is 0.0642. The highest BCUT2D eigenvalue weighted by Crippen LogP contribution is 2.32. The highest BCUT2D eigenvalue weighted by atomic mass is 35.5. The van der Waals surface area contributed by atoms with Crippen LogP contribution in [0.4, 0.5) is 0 Å². The summed E-state index contributed by atoms with van der Waals surface area (Å²) in [6.07, 6.45) is 0.923. The Morgan fingerprint density at radius 3 is 2.45 bits per heavy atom. The van der Waals surface area contributed by atoms with Gasteiger partial charge in [0.05, 0.1) is 4.90 Å². The zero-order valence-corrected chi connectivity index (χ0v) is 14.1. The van der Waals surface area contributed by atoms with Crippen LogP contribution >= 0.6 is 11.6 Å². The molecule has 0 aliphatic carbocycles. The molecule has 2 unspecified atom stereocenters. The highest BCUT2D eigenvalue weighted by Gasteiger charge is 2.37. The van der Waals surface area contributed by atoms with Crippen LogP contribution in [0.25, 0.3) is 0 Å². The van der Waals surface area contributed by atoms with Crippen LogP contribution in [0.3, 0.4) is 0 Å². The molecule has 3 nitrogen and oxygen atoms in total. The van der Waals surface area contributed by atoms with Crippen molar-refractivity contribution in [3.63, 3.8) is 0 Å². The SMILES string of the molecule is Cc1cc(CCl)cc(S(=O)(=O)N2CC(C)CC2C)c1C. The maximum atomic E-state index is 12.9. The molecule has 0 amide bonds. The normalized spacial score (nSPS) is 24.2. The van der Waals surface area contributed by atoms with E-state index in [1.165, 1.54) is 0 Å². The maximum Gasteiger partial charge on any atom is 0.243 e. The smallest absolute Gasteiger partial charge is 0.207 e. The fourth-order valence-electron chi connectivity index (χ4n) is 2.97. The first-order chi connectivity index (χ1) is 9.27. The number of rotatable bonds is 3. The minimum atomic E-state index is -3.43. The van der Waals surface area contributed by atoms with Gasteiger partial charge in [0.2, 0.25) is 10.0 Å². The van der Waals surface area contributed by atoms with Crippen LogP contribution in [0.1, 0.15) is 37.0 Å². The van der Waals surface area contributed by atoms with Crippen molar-refractivity contribution in [1.29, 1.82) is 0 Å². The van der Waals surface area contributed by atoms with E-state index in [0.29, 0.717) is 23.2 Å². The Bertz CT molecular complexity index is 613. The molecule has 1 aliphatic heterocycles. The number of alkyl halides is 1. The Morgan fingerprint density at radius 2 is 1.95 bits per heavy atom. The molecule has 1 fully saturated rings. The van der Waals surface area contributed by atoms with Crippen LogP contribution in [0.5, 0.6) is 0 Å². The molecule has 0 N–H and O–H groups in total. The van der Waals surface area contributed by atoms with E-state index in [0.717, 1.165) is 23.1 Å². The third-order valence-corrected chi connectivity index (χ3v) is 6.56. The van der Waals surface area contributed by atoms with Crippen molar-refractivity contribution in [3.8, 4) is 0 Å². The molecular formula is C15H22ClNO2S. The number of aryl methyl sites for hydroxylation is 1. The van der Waals surface area contributed by atoms with Crippen LogP contribution in [0.15, 0.2) is 17.0 Å². The van der Waals surface area contributed by atoms with Crippen LogP contribution in [-0.4, -0.2) is 25.3 Å². The summed E-state index contributed by atoms with van der Waals surface area (Å²) in [5.41, 5.74) is 2.65. The number of sulfonamides is 1. The molecule has 0 aromatic heterocycles. The van der Waals surface area contributed by atoms with Crippen molar-refractivity contribution in [1.82, 2.24) is 4.31 Å². The van der Waals surface area contributed by atoms with E-state index in [9.17, 15) is 8.42 Å². The van der Waals surface area contributed by atoms with Gasteiger partial charge in [-0.1, -0.05) is 13.0 Å². The van der Waals surface area contributed by atoms with E-state index in [-0.39, 0.29) is 6.04 Å². The lowest BCUT2D eigenvalue weighted by molar-refractivity contribution is 0.405. The van der Waals surface area contributed by atoms with E-state index < -0.39 is 10.0 Å². The van der Waals surface area contributed by atoms with Crippen molar-refractivity contribution < 1.29 is 8.42 Å². The zero-order valence-electron chi connectivity index (χ0n) is 12.5. The molecule has 0 spiro atoms. The van der Waals surface area contributed by atoms with Gasteiger partial charge >= 0.3 is 0 Å². The first-order valence-electron chi connectivity index (χ1n) is 6.95. The van der Waals surface area contributed by atoms with Crippen molar-refractivity contribution in [2.24, 2.45) is 5.92 Å². The van der Waals surface area contributed by atoms with Gasteiger partial charge in [-0.3, -0.25) is 0 Å². The minimum Gasteiger partial charge on any atom is -0.207 e. The monoisotopic (exact) mass is 315 g/mol. The molecule has 1 aliphatic rings. The Labute approximate surface area is 127 Å². The molecule has 112 valence electrons. The molecule has 2 atom stereocenters. The van der Waals surface area contributed by atoms with E-state index in [1.807, 2.05) is 26.8 Å². The lowest BCUT2D eigenvalue weighted by Crippen LogP contribution is -2.34. The Kier molecular flexibility index (Phi) is 4.47. The molecule has 1 aromatic rings. The summed E-state index contributed by atoms with van der Waals surface area (Å²) in [5, 5.41) is 0. The van der Waals surface area contributed by atoms with Crippen molar-refractivity contribution in [3.05, 3.63) is 28.8 Å². The Hall–Kier alpha value is -0.580. The van der Waals surface area contributed by atoms with Crippen molar-refractivity contribution >= 4 is 21.6 Å². The number of benzene rings is 1. The van der Waals surface area contributed by atoms with E-state index in [1.54, 1.807) is 10.4 Å². The molecule has 20 heavy (non-hydrogen) atoms. The summed E-state index contributed by atoms with van der Waals surface area (Å²) in [6, 6.07) is 3.74. The third kappa shape index (κ3) is 2.74. The Morgan fingerprint density at radius 1 is 1.30 bits per heavy atom. The average molecular weight is 316 g/mol. The zero-order chi connectivity index (χ0) is 15.1. The summed E-state index contributed by atoms with van der Waals surface area (Å²) in [6.45, 7) is 8.48. The molecule has 0 saturated carbocycles. The van der Waals surface area contributed by atoms with Crippen LogP contribution in [0.2, 0.25) is 0 Å². The van der Waals surface area contributed by atoms with E-state index in [2.05, 4.69) is 6.92 Å². The van der Waals surface area contributed by atoms with Crippen LogP contribution in [-0.2, 0) is 15.9 Å². The van der Waals surface area contributed by atoms with Gasteiger partial charge in [0.1, 0.15) is 0 Å². The first-order valence-corrected chi connectivity index (χ1v) is 8.92. The summed E-state index contributed by atoms with van der Waals surface area (Å²) in [4.78, 5) is 0.411.